The number of nitrogens with zero attached hydrogens (tertiary/aromatic N) is 1. The first-order chi connectivity index (χ1) is 8.19. The van der Waals surface area contributed by atoms with Crippen molar-refractivity contribution in [1.29, 1.82) is 0 Å². The van der Waals surface area contributed by atoms with Crippen molar-refractivity contribution in [2.24, 2.45) is 0 Å². The molecule has 0 spiro atoms. The number of carbonyl (C=O) groups excluding carboxylic acids is 1. The number of nitrogens with one attached hydrogen (secondary N) is 2. The van der Waals surface area contributed by atoms with E-state index in [0.717, 1.165) is 4.90 Å². The Morgan fingerprint density at radius 2 is 1.89 bits per heavy atom. The van der Waals surface area contributed by atoms with Crippen LogP contribution in [-0.2, 0) is 14.8 Å². The van der Waals surface area contributed by atoms with E-state index < -0.39 is 28.6 Å². The monoisotopic (exact) mass is 281 g/mol. The van der Waals surface area contributed by atoms with Crippen LogP contribution in [0.15, 0.2) is 0 Å². The number of carbonyl (C=O) groups is 2. The first-order valence-corrected chi connectivity index (χ1v) is 7.02. The fourth-order valence-corrected chi connectivity index (χ4v) is 1.71. The summed E-state index contributed by atoms with van der Waals surface area (Å²) in [6.07, 6.45) is 0. The number of carboxylic acid groups (broad SMARTS) is 1. The zero-order valence-electron chi connectivity index (χ0n) is 10.6. The molecule has 0 saturated carbocycles. The standard InChI is InChI=1S/C9H19N3O5S/c1-7(2)12(6-8(13)14)9(15)11-4-5-18(16,17)10-3/h7,10H,4-6H2,1-3H3,(H,11,15)(H,13,14). The molecule has 0 aromatic carbocycles. The topological polar surface area (TPSA) is 116 Å². The fraction of sp³-hybridized carbons (Fsp3) is 0.778. The Morgan fingerprint density at radius 1 is 1.33 bits per heavy atom. The van der Waals surface area contributed by atoms with Gasteiger partial charge in [0.25, 0.3) is 0 Å². The molecule has 0 aromatic rings. The van der Waals surface area contributed by atoms with Crippen LogP contribution in [0, 0.1) is 0 Å². The lowest BCUT2D eigenvalue weighted by molar-refractivity contribution is -0.138. The molecule has 0 saturated heterocycles. The lowest BCUT2D eigenvalue weighted by Gasteiger charge is -2.25. The molecule has 0 rings (SSSR count). The average Bonchev–Trinajstić information content (AvgIpc) is 2.24. The van der Waals surface area contributed by atoms with Gasteiger partial charge in [-0.15, -0.1) is 0 Å². The smallest absolute Gasteiger partial charge is 0.323 e. The molecule has 2 amide bonds. The van der Waals surface area contributed by atoms with Crippen LogP contribution < -0.4 is 10.0 Å². The Balaban J connectivity index is 4.32. The number of hydrogen-bond donors (Lipinski definition) is 3. The predicted molar refractivity (Wildman–Crippen MR) is 65.7 cm³/mol. The molecular formula is C9H19N3O5S. The molecule has 0 aromatic heterocycles. The third-order valence-electron chi connectivity index (χ3n) is 2.15. The molecule has 8 nitrogen and oxygen atoms in total. The van der Waals surface area contributed by atoms with Crippen LogP contribution in [-0.4, -0.2) is 62.4 Å². The van der Waals surface area contributed by atoms with E-state index in [1.807, 2.05) is 0 Å². The van der Waals surface area contributed by atoms with Gasteiger partial charge in [0.05, 0.1) is 5.75 Å². The maximum Gasteiger partial charge on any atom is 0.323 e. The number of urea groups is 1. The molecule has 0 aliphatic rings. The highest BCUT2D eigenvalue weighted by Crippen LogP contribution is 1.98. The summed E-state index contributed by atoms with van der Waals surface area (Å²) in [7, 11) is -2.10. The van der Waals surface area contributed by atoms with E-state index in [2.05, 4.69) is 10.0 Å². The van der Waals surface area contributed by atoms with Gasteiger partial charge in [0, 0.05) is 12.6 Å². The second kappa shape index (κ2) is 7.17. The van der Waals surface area contributed by atoms with Crippen LogP contribution >= 0.6 is 0 Å². The first-order valence-electron chi connectivity index (χ1n) is 5.37. The zero-order chi connectivity index (χ0) is 14.3. The molecule has 106 valence electrons. The number of aliphatic carboxylic acids is 1. The number of hydrogen-bond acceptors (Lipinski definition) is 4. The van der Waals surface area contributed by atoms with Crippen molar-refractivity contribution < 1.29 is 23.1 Å². The highest BCUT2D eigenvalue weighted by molar-refractivity contribution is 7.89. The Labute approximate surface area is 106 Å². The summed E-state index contributed by atoms with van der Waals surface area (Å²) in [4.78, 5) is 23.3. The van der Waals surface area contributed by atoms with Gasteiger partial charge in [0.1, 0.15) is 6.54 Å². The summed E-state index contributed by atoms with van der Waals surface area (Å²) in [5, 5.41) is 11.0. The average molecular weight is 281 g/mol. The quantitative estimate of drug-likeness (QED) is 0.556. The van der Waals surface area contributed by atoms with Gasteiger partial charge in [-0.25, -0.2) is 17.9 Å². The molecule has 0 aliphatic carbocycles. The predicted octanol–water partition coefficient (Wildman–Crippen LogP) is -0.960. The van der Waals surface area contributed by atoms with Crippen molar-refractivity contribution in [2.75, 3.05) is 25.9 Å². The Hall–Kier alpha value is -1.35. The van der Waals surface area contributed by atoms with Crippen molar-refractivity contribution >= 4 is 22.0 Å². The van der Waals surface area contributed by atoms with Crippen LogP contribution in [0.1, 0.15) is 13.8 Å². The molecule has 0 fully saturated rings. The van der Waals surface area contributed by atoms with Crippen LogP contribution in [0.25, 0.3) is 0 Å². The lowest BCUT2D eigenvalue weighted by atomic mass is 10.3. The van der Waals surface area contributed by atoms with Gasteiger partial charge < -0.3 is 15.3 Å². The number of rotatable bonds is 7. The molecule has 9 heteroatoms. The van der Waals surface area contributed by atoms with Gasteiger partial charge in [0.15, 0.2) is 0 Å². The summed E-state index contributed by atoms with van der Waals surface area (Å²) in [5.41, 5.74) is 0. The molecule has 18 heavy (non-hydrogen) atoms. The van der Waals surface area contributed by atoms with Crippen molar-refractivity contribution in [3.63, 3.8) is 0 Å². The Bertz CT molecular complexity index is 393. The van der Waals surface area contributed by atoms with Crippen LogP contribution in [0.5, 0.6) is 0 Å². The van der Waals surface area contributed by atoms with Crippen LogP contribution in [0.2, 0.25) is 0 Å². The number of carboxylic acids is 1. The third kappa shape index (κ3) is 6.40. The van der Waals surface area contributed by atoms with E-state index in [1.54, 1.807) is 13.8 Å². The highest BCUT2D eigenvalue weighted by atomic mass is 32.2. The third-order valence-corrected chi connectivity index (χ3v) is 3.51. The lowest BCUT2D eigenvalue weighted by Crippen LogP contribution is -2.47. The molecular weight excluding hydrogens is 262 g/mol. The normalized spacial score (nSPS) is 11.3. The van der Waals surface area contributed by atoms with E-state index in [0.29, 0.717) is 0 Å². The van der Waals surface area contributed by atoms with Gasteiger partial charge in [0.2, 0.25) is 10.0 Å². The summed E-state index contributed by atoms with van der Waals surface area (Å²) in [5.74, 6) is -1.38. The van der Waals surface area contributed by atoms with Crippen molar-refractivity contribution in [3.8, 4) is 0 Å². The summed E-state index contributed by atoms with van der Waals surface area (Å²) in [6, 6.07) is -0.888. The molecule has 0 atom stereocenters. The van der Waals surface area contributed by atoms with Crippen molar-refractivity contribution in [3.05, 3.63) is 0 Å². The second-order valence-electron chi connectivity index (χ2n) is 3.87. The Morgan fingerprint density at radius 3 is 2.28 bits per heavy atom. The Kier molecular flexibility index (Phi) is 6.63. The largest absolute Gasteiger partial charge is 0.480 e. The highest BCUT2D eigenvalue weighted by Gasteiger charge is 2.19. The van der Waals surface area contributed by atoms with E-state index in [9.17, 15) is 18.0 Å². The maximum atomic E-state index is 11.6. The SMILES string of the molecule is CNS(=O)(=O)CCNC(=O)N(CC(=O)O)C(C)C. The zero-order valence-corrected chi connectivity index (χ0v) is 11.5. The van der Waals surface area contributed by atoms with Crippen LogP contribution in [0.4, 0.5) is 4.79 Å². The van der Waals surface area contributed by atoms with E-state index in [1.165, 1.54) is 7.05 Å². The fourth-order valence-electron chi connectivity index (χ4n) is 1.13. The molecule has 3 N–H and O–H groups in total. The molecule has 0 radical (unpaired) electrons. The number of amides is 2. The van der Waals surface area contributed by atoms with Gasteiger partial charge in [-0.05, 0) is 20.9 Å². The molecule has 0 unspecified atom stereocenters. The van der Waals surface area contributed by atoms with Gasteiger partial charge in [-0.3, -0.25) is 4.79 Å². The number of sulfonamides is 1. The molecule has 0 bridgehead atoms. The van der Waals surface area contributed by atoms with Crippen LogP contribution in [0.3, 0.4) is 0 Å². The van der Waals surface area contributed by atoms with Gasteiger partial charge in [-0.1, -0.05) is 0 Å². The first kappa shape index (κ1) is 16.6. The molecule has 0 aliphatic heterocycles. The molecule has 0 heterocycles. The van der Waals surface area contributed by atoms with E-state index in [4.69, 9.17) is 5.11 Å². The minimum atomic E-state index is -3.38. The van der Waals surface area contributed by atoms with Crippen molar-refractivity contribution in [2.45, 2.75) is 19.9 Å². The van der Waals surface area contributed by atoms with Crippen molar-refractivity contribution in [1.82, 2.24) is 14.9 Å². The summed E-state index contributed by atoms with van der Waals surface area (Å²) < 4.78 is 24.3. The van der Waals surface area contributed by atoms with E-state index >= 15 is 0 Å². The minimum Gasteiger partial charge on any atom is -0.480 e. The van der Waals surface area contributed by atoms with Gasteiger partial charge >= 0.3 is 12.0 Å². The van der Waals surface area contributed by atoms with E-state index in [-0.39, 0.29) is 18.3 Å². The van der Waals surface area contributed by atoms with Gasteiger partial charge in [-0.2, -0.15) is 0 Å². The second-order valence-corrected chi connectivity index (χ2v) is 5.92. The summed E-state index contributed by atoms with van der Waals surface area (Å²) >= 11 is 0. The maximum absolute atomic E-state index is 11.6. The minimum absolute atomic E-state index is 0.0785. The summed E-state index contributed by atoms with van der Waals surface area (Å²) in [6.45, 7) is 2.84.